The molecule has 128 valence electrons. The molecule has 1 aliphatic rings. The Balaban J connectivity index is 1.64. The first-order valence-corrected chi connectivity index (χ1v) is 8.97. The van der Waals surface area contributed by atoms with Crippen molar-refractivity contribution in [2.75, 3.05) is 13.1 Å². The Bertz CT molecular complexity index is 647. The van der Waals surface area contributed by atoms with Crippen LogP contribution in [0.2, 0.25) is 0 Å². The van der Waals surface area contributed by atoms with Crippen molar-refractivity contribution in [1.29, 1.82) is 0 Å². The van der Waals surface area contributed by atoms with E-state index in [0.717, 1.165) is 38.0 Å². The highest BCUT2D eigenvalue weighted by molar-refractivity contribution is 5.31. The second-order valence-corrected chi connectivity index (χ2v) is 8.12. The zero-order valence-corrected chi connectivity index (χ0v) is 15.1. The van der Waals surface area contributed by atoms with Crippen LogP contribution in [0, 0.1) is 0 Å². The van der Waals surface area contributed by atoms with Crippen LogP contribution in [-0.2, 0) is 17.6 Å². The van der Waals surface area contributed by atoms with Crippen molar-refractivity contribution in [2.45, 2.75) is 51.2 Å². The number of likely N-dealkylation sites (tertiary alicyclic amines) is 1. The molecule has 0 atom stereocenters. The summed E-state index contributed by atoms with van der Waals surface area (Å²) in [5.41, 5.74) is 3.20. The first-order chi connectivity index (χ1) is 11.4. The number of hydrogen-bond donors (Lipinski definition) is 1. The van der Waals surface area contributed by atoms with E-state index >= 15 is 0 Å². The minimum absolute atomic E-state index is 0.153. The summed E-state index contributed by atoms with van der Waals surface area (Å²) < 4.78 is 0. The Labute approximate surface area is 146 Å². The summed E-state index contributed by atoms with van der Waals surface area (Å²) in [5, 5.41) is 11.1. The molecule has 0 bridgehead atoms. The summed E-state index contributed by atoms with van der Waals surface area (Å²) in [6, 6.07) is 19.2. The molecule has 0 saturated carbocycles. The monoisotopic (exact) mass is 323 g/mol. The quantitative estimate of drug-likeness (QED) is 0.901. The van der Waals surface area contributed by atoms with E-state index in [2.05, 4.69) is 80.3 Å². The van der Waals surface area contributed by atoms with Crippen molar-refractivity contribution in [3.8, 4) is 0 Å². The van der Waals surface area contributed by atoms with E-state index in [1.807, 2.05) is 0 Å². The highest BCUT2D eigenvalue weighted by atomic mass is 16.3. The molecule has 24 heavy (non-hydrogen) atoms. The summed E-state index contributed by atoms with van der Waals surface area (Å²) in [4.78, 5) is 2.44. The van der Waals surface area contributed by atoms with Gasteiger partial charge in [-0.25, -0.2) is 0 Å². The molecule has 1 saturated heterocycles. The number of aliphatic hydroxyl groups is 1. The minimum atomic E-state index is -0.677. The Hall–Kier alpha value is -1.64. The molecule has 1 fully saturated rings. The Kier molecular flexibility index (Phi) is 4.80. The van der Waals surface area contributed by atoms with Crippen LogP contribution in [0.15, 0.2) is 54.6 Å². The second-order valence-electron chi connectivity index (χ2n) is 8.12. The molecule has 1 aliphatic heterocycles. The van der Waals surface area contributed by atoms with Gasteiger partial charge in [0, 0.05) is 19.6 Å². The lowest BCUT2D eigenvalue weighted by atomic mass is 9.81. The van der Waals surface area contributed by atoms with Gasteiger partial charge in [0.05, 0.1) is 5.60 Å². The van der Waals surface area contributed by atoms with Crippen molar-refractivity contribution in [3.05, 3.63) is 71.3 Å². The van der Waals surface area contributed by atoms with E-state index in [9.17, 15) is 5.11 Å². The van der Waals surface area contributed by atoms with Crippen LogP contribution in [0.3, 0.4) is 0 Å². The highest BCUT2D eigenvalue weighted by Crippen LogP contribution is 2.34. The molecule has 1 heterocycles. The molecule has 0 radical (unpaired) electrons. The van der Waals surface area contributed by atoms with Gasteiger partial charge in [0.25, 0.3) is 0 Å². The number of rotatable bonds is 3. The van der Waals surface area contributed by atoms with Crippen molar-refractivity contribution < 1.29 is 5.11 Å². The number of nitrogens with zero attached hydrogens (tertiary/aromatic N) is 1. The molecule has 2 heteroatoms. The minimum Gasteiger partial charge on any atom is -0.385 e. The normalized spacial score (nSPS) is 18.5. The summed E-state index contributed by atoms with van der Waals surface area (Å²) in [5.74, 6) is 0. The number of hydrogen-bond acceptors (Lipinski definition) is 2. The first-order valence-electron chi connectivity index (χ1n) is 8.97. The first kappa shape index (κ1) is 17.2. The maximum absolute atomic E-state index is 11.1. The van der Waals surface area contributed by atoms with Crippen molar-refractivity contribution in [1.82, 2.24) is 4.90 Å². The van der Waals surface area contributed by atoms with Crippen LogP contribution in [0.5, 0.6) is 0 Å². The molecule has 0 unspecified atom stereocenters. The van der Waals surface area contributed by atoms with Gasteiger partial charge < -0.3 is 5.11 Å². The van der Waals surface area contributed by atoms with Crippen LogP contribution >= 0.6 is 0 Å². The van der Waals surface area contributed by atoms with Crippen LogP contribution in [0.4, 0.5) is 0 Å². The van der Waals surface area contributed by atoms with Gasteiger partial charge in [0.2, 0.25) is 0 Å². The van der Waals surface area contributed by atoms with Crippen molar-refractivity contribution in [2.24, 2.45) is 0 Å². The van der Waals surface area contributed by atoms with Gasteiger partial charge in [0.15, 0.2) is 0 Å². The molecule has 2 nitrogen and oxygen atoms in total. The lowest BCUT2D eigenvalue weighted by molar-refractivity contribution is -0.0277. The van der Waals surface area contributed by atoms with Crippen LogP contribution in [0.25, 0.3) is 0 Å². The van der Waals surface area contributed by atoms with Gasteiger partial charge in [0.1, 0.15) is 0 Å². The fourth-order valence-corrected chi connectivity index (χ4v) is 3.49. The highest BCUT2D eigenvalue weighted by Gasteiger charge is 2.34. The fourth-order valence-electron chi connectivity index (χ4n) is 3.49. The molecule has 0 aromatic heterocycles. The molecule has 0 amide bonds. The van der Waals surface area contributed by atoms with E-state index in [1.165, 1.54) is 11.1 Å². The zero-order chi connectivity index (χ0) is 17.2. The molecule has 3 rings (SSSR count). The smallest absolute Gasteiger partial charge is 0.0920 e. The maximum atomic E-state index is 11.1. The third-order valence-corrected chi connectivity index (χ3v) is 5.22. The largest absolute Gasteiger partial charge is 0.385 e. The lowest BCUT2D eigenvalue weighted by Crippen LogP contribution is -2.42. The van der Waals surface area contributed by atoms with Gasteiger partial charge in [-0.05, 0) is 34.9 Å². The average Bonchev–Trinajstić information content (AvgIpc) is 2.57. The number of piperidine rings is 1. The molecule has 2 aromatic rings. The third kappa shape index (κ3) is 3.88. The van der Waals surface area contributed by atoms with Gasteiger partial charge in [-0.2, -0.15) is 0 Å². The molecule has 1 N–H and O–H groups in total. The molecule has 0 spiro atoms. The van der Waals surface area contributed by atoms with E-state index < -0.39 is 5.60 Å². The lowest BCUT2D eigenvalue weighted by Gasteiger charge is -2.38. The Morgan fingerprint density at radius 1 is 0.917 bits per heavy atom. The topological polar surface area (TPSA) is 23.5 Å². The summed E-state index contributed by atoms with van der Waals surface area (Å²) in [6.07, 6.45) is 1.60. The number of benzene rings is 2. The third-order valence-electron chi connectivity index (χ3n) is 5.22. The maximum Gasteiger partial charge on any atom is 0.0920 e. The molecule has 0 aliphatic carbocycles. The Morgan fingerprint density at radius 2 is 1.50 bits per heavy atom. The SMILES string of the molecule is CC(C)(C)c1ccc(C2(O)CCN(Cc3ccccc3)CC2)cc1. The van der Waals surface area contributed by atoms with Gasteiger partial charge in [-0.15, -0.1) is 0 Å². The van der Waals surface area contributed by atoms with E-state index in [-0.39, 0.29) is 5.41 Å². The molecular formula is C22H29NO. The van der Waals surface area contributed by atoms with Crippen molar-refractivity contribution >= 4 is 0 Å². The van der Waals surface area contributed by atoms with E-state index in [0.29, 0.717) is 0 Å². The standard InChI is InChI=1S/C22H29NO/c1-21(2,3)19-9-11-20(12-10-19)22(24)13-15-23(16-14-22)17-18-7-5-4-6-8-18/h4-12,24H,13-17H2,1-3H3. The predicted octanol–water partition coefficient (Wildman–Crippen LogP) is 4.47. The van der Waals surface area contributed by atoms with Crippen LogP contribution < -0.4 is 0 Å². The zero-order valence-electron chi connectivity index (χ0n) is 15.1. The Morgan fingerprint density at radius 3 is 2.04 bits per heavy atom. The molecular weight excluding hydrogens is 294 g/mol. The average molecular weight is 323 g/mol. The van der Waals surface area contributed by atoms with Crippen molar-refractivity contribution in [3.63, 3.8) is 0 Å². The van der Waals surface area contributed by atoms with Crippen LogP contribution in [-0.4, -0.2) is 23.1 Å². The second kappa shape index (κ2) is 6.70. The summed E-state index contributed by atoms with van der Waals surface area (Å²) in [6.45, 7) is 9.51. The van der Waals surface area contributed by atoms with Gasteiger partial charge >= 0.3 is 0 Å². The van der Waals surface area contributed by atoms with Gasteiger partial charge in [-0.3, -0.25) is 4.90 Å². The van der Waals surface area contributed by atoms with Crippen LogP contribution in [0.1, 0.15) is 50.3 Å². The van der Waals surface area contributed by atoms with E-state index in [1.54, 1.807) is 0 Å². The molecule has 2 aromatic carbocycles. The van der Waals surface area contributed by atoms with E-state index in [4.69, 9.17) is 0 Å². The fraction of sp³-hybridized carbons (Fsp3) is 0.455. The predicted molar refractivity (Wildman–Crippen MR) is 100.0 cm³/mol. The summed E-state index contributed by atoms with van der Waals surface area (Å²) >= 11 is 0. The van der Waals surface area contributed by atoms with Gasteiger partial charge in [-0.1, -0.05) is 75.4 Å². The summed E-state index contributed by atoms with van der Waals surface area (Å²) in [7, 11) is 0.